The molecule has 3 saturated heterocycles. The number of nitrogens with two attached hydrogens (primary N) is 1. The summed E-state index contributed by atoms with van der Waals surface area (Å²) in [6.45, 7) is 8.11. The van der Waals surface area contributed by atoms with Gasteiger partial charge >= 0.3 is 12.4 Å². The number of likely N-dealkylation sites (N-methyl/N-ethyl adjacent to an activating group) is 2. The van der Waals surface area contributed by atoms with Crippen molar-refractivity contribution in [2.24, 2.45) is 5.73 Å². The smallest absolute Gasteiger partial charge is 0.379 e. The third-order valence-corrected chi connectivity index (χ3v) is 11.9. The van der Waals surface area contributed by atoms with Crippen LogP contribution >= 0.6 is 23.2 Å². The Hall–Kier alpha value is -5.48. The Labute approximate surface area is 389 Å². The van der Waals surface area contributed by atoms with Crippen molar-refractivity contribution in [2.45, 2.75) is 77.1 Å². The van der Waals surface area contributed by atoms with Crippen molar-refractivity contribution in [3.8, 4) is 0 Å². The summed E-state index contributed by atoms with van der Waals surface area (Å²) in [6.07, 6.45) is -9.37. The molecule has 4 amide bonds. The molecule has 13 nitrogen and oxygen atoms in total. The number of aromatic nitrogens is 2. The zero-order chi connectivity index (χ0) is 49.3. The number of anilines is 4. The first-order chi connectivity index (χ1) is 31.4. The van der Waals surface area contributed by atoms with Gasteiger partial charge in [0.1, 0.15) is 35.4 Å². The van der Waals surface area contributed by atoms with Crippen LogP contribution in [0.3, 0.4) is 0 Å². The number of amides is 4. The Kier molecular flexibility index (Phi) is 15.5. The van der Waals surface area contributed by atoms with Crippen molar-refractivity contribution in [3.05, 3.63) is 105 Å². The van der Waals surface area contributed by atoms with Crippen molar-refractivity contribution in [3.63, 3.8) is 0 Å². The number of aryl methyl sites for hydroxylation is 2. The number of carbonyl (C=O) groups excluding carboxylic acids is 4. The van der Waals surface area contributed by atoms with Crippen molar-refractivity contribution in [2.75, 3.05) is 59.0 Å². The number of nitrogens with zero attached hydrogens (tertiary/aromatic N) is 7. The van der Waals surface area contributed by atoms with Crippen molar-refractivity contribution in [1.82, 2.24) is 14.9 Å². The van der Waals surface area contributed by atoms with E-state index in [0.29, 0.717) is 38.1 Å². The second-order valence-corrected chi connectivity index (χ2v) is 16.6. The largest absolute Gasteiger partial charge is 0.416 e. The van der Waals surface area contributed by atoms with Crippen molar-refractivity contribution < 1.29 is 59.0 Å². The van der Waals surface area contributed by atoms with E-state index in [9.17, 15) is 54.3 Å². The predicted octanol–water partition coefficient (Wildman–Crippen LogP) is 7.75. The molecule has 0 saturated carbocycles. The quantitative estimate of drug-likeness (QED) is 0.167. The second kappa shape index (κ2) is 20.4. The summed E-state index contributed by atoms with van der Waals surface area (Å²) in [6, 6.07) is 6.63. The lowest BCUT2D eigenvalue weighted by Gasteiger charge is -2.30. The lowest BCUT2D eigenvalue weighted by molar-refractivity contribution is -0.138. The number of halogens is 10. The zero-order valence-corrected chi connectivity index (χ0v) is 37.8. The van der Waals surface area contributed by atoms with Gasteiger partial charge < -0.3 is 20.3 Å². The van der Waals surface area contributed by atoms with Gasteiger partial charge in [0.2, 0.25) is 23.6 Å². The van der Waals surface area contributed by atoms with Crippen LogP contribution in [0, 0.1) is 25.5 Å². The van der Waals surface area contributed by atoms with E-state index in [1.54, 1.807) is 13.8 Å². The number of benzene rings is 2. The van der Waals surface area contributed by atoms with E-state index in [0.717, 1.165) is 40.1 Å². The summed E-state index contributed by atoms with van der Waals surface area (Å²) in [5, 5.41) is -0.380. The fourth-order valence-electron chi connectivity index (χ4n) is 8.15. The number of hydrogen-bond acceptors (Lipinski definition) is 9. The molecule has 3 aliphatic heterocycles. The highest BCUT2D eigenvalue weighted by molar-refractivity contribution is 6.31. The number of morpholine rings is 1. The average molecular weight is 988 g/mol. The van der Waals surface area contributed by atoms with Gasteiger partial charge in [0.05, 0.1) is 46.5 Å². The van der Waals surface area contributed by atoms with Crippen LogP contribution in [0.15, 0.2) is 60.7 Å². The summed E-state index contributed by atoms with van der Waals surface area (Å²) in [5.74, 6) is -4.21. The van der Waals surface area contributed by atoms with Gasteiger partial charge in [-0.15, -0.1) is 0 Å². The first-order valence-corrected chi connectivity index (χ1v) is 21.6. The summed E-state index contributed by atoms with van der Waals surface area (Å²) < 4.78 is 113. The molecule has 3 fully saturated rings. The second-order valence-electron chi connectivity index (χ2n) is 15.8. The Balaban J connectivity index is 0.000000224. The standard InChI is InChI=1S/C24H25ClF4N4O3.C20H19ClF4N4O2/c1-3-32(16-4-5-18(26)17(25)12-16)22(34)20-13-19(31-6-8-36-9-7-31)23(35)33(20)21-11-15(24(27,28)29)10-14(2)30-21;1-3-28(12-4-5-14(22)13(21)8-12)19(31)16-9-15(26)18(30)29(16)17-7-11(20(23,24)25)6-10(2)27-17/h4-5,10-12,19-20H,3,6-9,13H2,1-2H3;4-8,15-16H,3,9,26H2,1-2H3/t19-,20-;15-,16-/m00/s1. The van der Waals surface area contributed by atoms with Crippen LogP contribution in [0.2, 0.25) is 10.0 Å². The van der Waals surface area contributed by atoms with E-state index in [2.05, 4.69) is 9.97 Å². The molecule has 23 heteroatoms. The molecule has 7 rings (SSSR count). The molecule has 5 heterocycles. The summed E-state index contributed by atoms with van der Waals surface area (Å²) in [5.41, 5.74) is 4.56. The summed E-state index contributed by atoms with van der Waals surface area (Å²) >= 11 is 11.7. The van der Waals surface area contributed by atoms with E-state index in [-0.39, 0.29) is 64.7 Å². The topological polar surface area (TPSA) is 146 Å². The minimum atomic E-state index is -4.66. The Morgan fingerprint density at radius 2 is 1.12 bits per heavy atom. The first-order valence-electron chi connectivity index (χ1n) is 20.8. The predicted molar refractivity (Wildman–Crippen MR) is 233 cm³/mol. The third-order valence-electron chi connectivity index (χ3n) is 11.3. The van der Waals surface area contributed by atoms with Gasteiger partial charge in [0.25, 0.3) is 0 Å². The van der Waals surface area contributed by atoms with Gasteiger partial charge in [0.15, 0.2) is 0 Å². The van der Waals surface area contributed by atoms with E-state index in [1.807, 2.05) is 4.90 Å². The molecule has 0 radical (unpaired) electrons. The molecule has 4 aromatic rings. The monoisotopic (exact) mass is 986 g/mol. The molecule has 0 bridgehead atoms. The molecule has 2 aromatic carbocycles. The van der Waals surface area contributed by atoms with Gasteiger partial charge in [-0.05, 0) is 88.4 Å². The number of ether oxygens (including phenoxy) is 1. The Morgan fingerprint density at radius 3 is 1.52 bits per heavy atom. The molecule has 4 atom stereocenters. The number of pyridine rings is 2. The SMILES string of the molecule is CCN(C(=O)[C@@H]1C[C@H](N)C(=O)N1c1cc(C(F)(F)F)cc(C)n1)c1ccc(F)c(Cl)c1.CCN(C(=O)[C@@H]1C[C@H](N2CCOCC2)C(=O)N1c1cc(C(F)(F)F)cc(C)n1)c1ccc(F)c(Cl)c1. The highest BCUT2D eigenvalue weighted by atomic mass is 35.5. The first kappa shape index (κ1) is 50.9. The molecule has 360 valence electrons. The lowest BCUT2D eigenvalue weighted by Crippen LogP contribution is -2.49. The molecular formula is C44H44Cl2F8N8O5. The molecule has 67 heavy (non-hydrogen) atoms. The van der Waals surface area contributed by atoms with Crippen LogP contribution in [0.5, 0.6) is 0 Å². The van der Waals surface area contributed by atoms with Crippen LogP contribution in [0.1, 0.15) is 49.2 Å². The molecule has 2 aromatic heterocycles. The van der Waals surface area contributed by atoms with Crippen molar-refractivity contribution >= 4 is 69.8 Å². The molecule has 0 spiro atoms. The lowest BCUT2D eigenvalue weighted by atomic mass is 10.1. The maximum absolute atomic E-state index is 13.8. The fourth-order valence-corrected chi connectivity index (χ4v) is 8.50. The summed E-state index contributed by atoms with van der Waals surface area (Å²) in [7, 11) is 0. The maximum Gasteiger partial charge on any atom is 0.416 e. The third kappa shape index (κ3) is 11.1. The molecule has 0 aliphatic carbocycles. The number of alkyl halides is 6. The summed E-state index contributed by atoms with van der Waals surface area (Å²) in [4.78, 5) is 68.1. The fraction of sp³-hybridized carbons (Fsp3) is 0.409. The van der Waals surface area contributed by atoms with Crippen LogP contribution in [-0.2, 0) is 36.3 Å². The van der Waals surface area contributed by atoms with Gasteiger partial charge in [-0.2, -0.15) is 26.3 Å². The van der Waals surface area contributed by atoms with Gasteiger partial charge in [0, 0.05) is 61.8 Å². The van der Waals surface area contributed by atoms with Crippen LogP contribution < -0.4 is 25.3 Å². The van der Waals surface area contributed by atoms with E-state index < -0.39 is 82.9 Å². The number of carbonyl (C=O) groups is 4. The number of rotatable bonds is 9. The zero-order valence-electron chi connectivity index (χ0n) is 36.3. The van der Waals surface area contributed by atoms with Gasteiger partial charge in [-0.3, -0.25) is 33.9 Å². The highest BCUT2D eigenvalue weighted by Crippen LogP contribution is 2.38. The number of hydrogen-bond donors (Lipinski definition) is 1. The Morgan fingerprint density at radius 1 is 0.701 bits per heavy atom. The molecule has 0 unspecified atom stereocenters. The minimum absolute atomic E-state index is 0.0296. The Bertz CT molecular complexity index is 2530. The van der Waals surface area contributed by atoms with E-state index >= 15 is 0 Å². The van der Waals surface area contributed by atoms with Gasteiger partial charge in [-0.25, -0.2) is 18.7 Å². The van der Waals surface area contributed by atoms with Crippen molar-refractivity contribution in [1.29, 1.82) is 0 Å². The van der Waals surface area contributed by atoms with Crippen LogP contribution in [0.25, 0.3) is 0 Å². The van der Waals surface area contributed by atoms with Gasteiger partial charge in [-0.1, -0.05) is 23.2 Å². The molecule has 2 N–H and O–H groups in total. The van der Waals surface area contributed by atoms with E-state index in [1.165, 1.54) is 47.9 Å². The average Bonchev–Trinajstić information content (AvgIpc) is 3.77. The normalized spacial score (nSPS) is 20.2. The molecular weight excluding hydrogens is 943 g/mol. The maximum atomic E-state index is 13.8. The van der Waals surface area contributed by atoms with Crippen LogP contribution in [0.4, 0.5) is 58.1 Å². The van der Waals surface area contributed by atoms with Crippen LogP contribution in [-0.4, -0.2) is 102 Å². The highest BCUT2D eigenvalue weighted by Gasteiger charge is 2.49. The van der Waals surface area contributed by atoms with E-state index in [4.69, 9.17) is 33.7 Å². The molecule has 3 aliphatic rings. The minimum Gasteiger partial charge on any atom is -0.379 e.